The average Bonchev–Trinajstić information content (AvgIpc) is 2.87. The third-order valence-corrected chi connectivity index (χ3v) is 6.21. The molecule has 1 saturated heterocycles. The van der Waals surface area contributed by atoms with Crippen molar-refractivity contribution in [1.29, 1.82) is 0 Å². The van der Waals surface area contributed by atoms with Crippen molar-refractivity contribution >= 4 is 45.4 Å². The molecule has 1 aromatic rings. The standard InChI is InChI=1S/C15H20BrNO2S2/c1-14(2,21-12-5-3-11(16)4-6-12)9-17-13(18)15(19)7-8-20-10-15/h3-6,19H,7-10H2,1-2H3,(H,17,18)/t15-/m1/s1. The highest BCUT2D eigenvalue weighted by atomic mass is 79.9. The molecule has 1 amide bonds. The Hall–Kier alpha value is -0.170. The summed E-state index contributed by atoms with van der Waals surface area (Å²) < 4.78 is 0.921. The summed E-state index contributed by atoms with van der Waals surface area (Å²) in [4.78, 5) is 13.3. The molecule has 1 aliphatic rings. The maximum absolute atomic E-state index is 12.1. The lowest BCUT2D eigenvalue weighted by atomic mass is 10.0. The van der Waals surface area contributed by atoms with Crippen LogP contribution < -0.4 is 5.32 Å². The highest BCUT2D eigenvalue weighted by Crippen LogP contribution is 2.33. The Bertz CT molecular complexity index is 499. The zero-order valence-electron chi connectivity index (χ0n) is 12.2. The number of thioether (sulfide) groups is 2. The van der Waals surface area contributed by atoms with Gasteiger partial charge in [0.1, 0.15) is 0 Å². The minimum Gasteiger partial charge on any atom is -0.379 e. The van der Waals surface area contributed by atoms with Crippen molar-refractivity contribution in [3.8, 4) is 0 Å². The number of nitrogens with one attached hydrogen (secondary N) is 1. The largest absolute Gasteiger partial charge is 0.379 e. The van der Waals surface area contributed by atoms with Crippen LogP contribution in [0.2, 0.25) is 0 Å². The first-order valence-corrected chi connectivity index (χ1v) is 9.60. The number of benzene rings is 1. The van der Waals surface area contributed by atoms with Gasteiger partial charge in [0.15, 0.2) is 5.60 Å². The number of aliphatic hydroxyl groups is 1. The zero-order chi connectivity index (χ0) is 15.5. The molecular formula is C15H20BrNO2S2. The number of carbonyl (C=O) groups is 1. The van der Waals surface area contributed by atoms with Crippen molar-refractivity contribution < 1.29 is 9.90 Å². The summed E-state index contributed by atoms with van der Waals surface area (Å²) in [6.45, 7) is 4.71. The van der Waals surface area contributed by atoms with Crippen molar-refractivity contribution in [3.63, 3.8) is 0 Å². The maximum Gasteiger partial charge on any atom is 0.252 e. The smallest absolute Gasteiger partial charge is 0.252 e. The number of rotatable bonds is 5. The molecule has 1 heterocycles. The number of amides is 1. The fourth-order valence-electron chi connectivity index (χ4n) is 2.05. The van der Waals surface area contributed by atoms with Crippen molar-refractivity contribution in [1.82, 2.24) is 5.32 Å². The van der Waals surface area contributed by atoms with Crippen LogP contribution in [0.1, 0.15) is 20.3 Å². The maximum atomic E-state index is 12.1. The molecule has 0 saturated carbocycles. The Morgan fingerprint density at radius 1 is 1.48 bits per heavy atom. The van der Waals surface area contributed by atoms with Crippen LogP contribution in [-0.4, -0.2) is 39.4 Å². The SMILES string of the molecule is CC(C)(CNC(=O)[C@@]1(O)CCSC1)Sc1ccc(Br)cc1. The molecule has 1 fully saturated rings. The zero-order valence-corrected chi connectivity index (χ0v) is 15.4. The van der Waals surface area contributed by atoms with Gasteiger partial charge in [-0.1, -0.05) is 15.9 Å². The molecule has 0 aliphatic carbocycles. The van der Waals surface area contributed by atoms with Gasteiger partial charge in [0, 0.05) is 26.4 Å². The van der Waals surface area contributed by atoms with Crippen molar-refractivity contribution in [2.45, 2.75) is 35.5 Å². The number of hydrogen-bond donors (Lipinski definition) is 2. The summed E-state index contributed by atoms with van der Waals surface area (Å²) in [5, 5.41) is 13.1. The third kappa shape index (κ3) is 4.91. The summed E-state index contributed by atoms with van der Waals surface area (Å²) in [5.41, 5.74) is -1.18. The van der Waals surface area contributed by atoms with E-state index < -0.39 is 5.60 Å². The van der Waals surface area contributed by atoms with Crippen LogP contribution in [0.15, 0.2) is 33.6 Å². The predicted molar refractivity (Wildman–Crippen MR) is 94.0 cm³/mol. The summed E-state index contributed by atoms with van der Waals surface area (Å²) in [7, 11) is 0. The number of halogens is 1. The Balaban J connectivity index is 1.88. The van der Waals surface area contributed by atoms with E-state index >= 15 is 0 Å². The molecule has 2 N–H and O–H groups in total. The average molecular weight is 390 g/mol. The third-order valence-electron chi connectivity index (χ3n) is 3.31. The quantitative estimate of drug-likeness (QED) is 0.758. The van der Waals surface area contributed by atoms with E-state index in [1.807, 2.05) is 12.1 Å². The van der Waals surface area contributed by atoms with Gasteiger partial charge in [0.2, 0.25) is 0 Å². The molecule has 0 unspecified atom stereocenters. The van der Waals surface area contributed by atoms with Gasteiger partial charge in [-0.15, -0.1) is 11.8 Å². The molecule has 0 bridgehead atoms. The fraction of sp³-hybridized carbons (Fsp3) is 0.533. The minimum absolute atomic E-state index is 0.133. The Morgan fingerprint density at radius 3 is 2.71 bits per heavy atom. The van der Waals surface area contributed by atoms with Gasteiger partial charge < -0.3 is 10.4 Å². The van der Waals surface area contributed by atoms with E-state index in [0.717, 1.165) is 15.1 Å². The second-order valence-corrected chi connectivity index (χ2v) is 9.63. The molecule has 6 heteroatoms. The van der Waals surface area contributed by atoms with Crippen LogP contribution in [0, 0.1) is 0 Å². The normalized spacial score (nSPS) is 22.3. The van der Waals surface area contributed by atoms with Crippen LogP contribution in [-0.2, 0) is 4.79 Å². The first-order chi connectivity index (χ1) is 9.81. The summed E-state index contributed by atoms with van der Waals surface area (Å²) in [6, 6.07) is 8.13. The van der Waals surface area contributed by atoms with Gasteiger partial charge in [-0.3, -0.25) is 4.79 Å². The molecule has 0 spiro atoms. The summed E-state index contributed by atoms with van der Waals surface area (Å²) in [6.07, 6.45) is 0.545. The highest BCUT2D eigenvalue weighted by molar-refractivity contribution is 9.10. The second kappa shape index (κ2) is 6.94. The molecule has 116 valence electrons. The Morgan fingerprint density at radius 2 is 2.14 bits per heavy atom. The Kier molecular flexibility index (Phi) is 5.68. The molecule has 0 aromatic heterocycles. The monoisotopic (exact) mass is 389 g/mol. The van der Waals surface area contributed by atoms with E-state index in [9.17, 15) is 9.90 Å². The van der Waals surface area contributed by atoms with Crippen molar-refractivity contribution in [2.75, 3.05) is 18.1 Å². The molecule has 3 nitrogen and oxygen atoms in total. The lowest BCUT2D eigenvalue weighted by molar-refractivity contribution is -0.137. The fourth-order valence-corrected chi connectivity index (χ4v) is 4.61. The van der Waals surface area contributed by atoms with Crippen LogP contribution in [0.25, 0.3) is 0 Å². The van der Waals surface area contributed by atoms with Gasteiger partial charge in [-0.2, -0.15) is 11.8 Å². The van der Waals surface area contributed by atoms with E-state index in [2.05, 4.69) is 47.2 Å². The van der Waals surface area contributed by atoms with Gasteiger partial charge in [0.05, 0.1) is 0 Å². The predicted octanol–water partition coefficient (Wildman–Crippen LogP) is 3.30. The van der Waals surface area contributed by atoms with E-state index in [1.54, 1.807) is 23.5 Å². The first kappa shape index (κ1) is 17.2. The van der Waals surface area contributed by atoms with Gasteiger partial charge in [-0.25, -0.2) is 0 Å². The second-order valence-electron chi connectivity index (χ2n) is 5.83. The molecule has 1 aliphatic heterocycles. The van der Waals surface area contributed by atoms with E-state index in [0.29, 0.717) is 18.7 Å². The molecule has 1 aromatic carbocycles. The van der Waals surface area contributed by atoms with Crippen molar-refractivity contribution in [2.24, 2.45) is 0 Å². The topological polar surface area (TPSA) is 49.3 Å². The van der Waals surface area contributed by atoms with E-state index in [-0.39, 0.29) is 10.7 Å². The molecular weight excluding hydrogens is 370 g/mol. The van der Waals surface area contributed by atoms with E-state index in [1.165, 1.54) is 0 Å². The first-order valence-electron chi connectivity index (χ1n) is 6.84. The molecule has 1 atom stereocenters. The van der Waals surface area contributed by atoms with Gasteiger partial charge in [-0.05, 0) is 50.3 Å². The molecule has 0 radical (unpaired) electrons. The van der Waals surface area contributed by atoms with Crippen LogP contribution in [0.5, 0.6) is 0 Å². The number of carbonyl (C=O) groups excluding carboxylic acids is 1. The van der Waals surface area contributed by atoms with Gasteiger partial charge in [0.25, 0.3) is 5.91 Å². The molecule has 21 heavy (non-hydrogen) atoms. The lowest BCUT2D eigenvalue weighted by Crippen LogP contribution is -2.49. The van der Waals surface area contributed by atoms with Crippen molar-refractivity contribution in [3.05, 3.63) is 28.7 Å². The van der Waals surface area contributed by atoms with Gasteiger partial charge >= 0.3 is 0 Å². The van der Waals surface area contributed by atoms with Crippen LogP contribution >= 0.6 is 39.5 Å². The Labute approximate surface area is 142 Å². The number of hydrogen-bond acceptors (Lipinski definition) is 4. The summed E-state index contributed by atoms with van der Waals surface area (Å²) in [5.74, 6) is 1.11. The molecule has 2 rings (SSSR count). The van der Waals surface area contributed by atoms with Crippen LogP contribution in [0.4, 0.5) is 0 Å². The minimum atomic E-state index is -1.18. The lowest BCUT2D eigenvalue weighted by Gasteiger charge is -2.27. The summed E-state index contributed by atoms with van der Waals surface area (Å²) >= 11 is 6.76. The van der Waals surface area contributed by atoms with Crippen LogP contribution in [0.3, 0.4) is 0 Å². The van der Waals surface area contributed by atoms with E-state index in [4.69, 9.17) is 0 Å². The highest BCUT2D eigenvalue weighted by Gasteiger charge is 2.39.